The second-order valence-electron chi connectivity index (χ2n) is 3.29. The van der Waals surface area contributed by atoms with Gasteiger partial charge in [-0.3, -0.25) is 4.79 Å². The SMILES string of the molecule is C/C=C/C=C/C(=O)COC(=O)c1ccccc1. The van der Waals surface area contributed by atoms with Crippen molar-refractivity contribution in [3.63, 3.8) is 0 Å². The summed E-state index contributed by atoms with van der Waals surface area (Å²) in [5.41, 5.74) is 0.442. The monoisotopic (exact) mass is 230 g/mol. The number of ketones is 1. The highest BCUT2D eigenvalue weighted by Gasteiger charge is 2.07. The van der Waals surface area contributed by atoms with Crippen molar-refractivity contribution in [3.8, 4) is 0 Å². The molecule has 0 aromatic heterocycles. The molecule has 0 unspecified atom stereocenters. The highest BCUT2D eigenvalue weighted by Crippen LogP contribution is 2.00. The number of esters is 1. The number of carbonyl (C=O) groups excluding carboxylic acids is 2. The first-order valence-corrected chi connectivity index (χ1v) is 5.28. The van der Waals surface area contributed by atoms with Crippen molar-refractivity contribution in [2.45, 2.75) is 6.92 Å². The zero-order chi connectivity index (χ0) is 12.5. The van der Waals surface area contributed by atoms with Gasteiger partial charge >= 0.3 is 5.97 Å². The Hall–Kier alpha value is -2.16. The maximum atomic E-state index is 11.5. The normalized spacial score (nSPS) is 10.9. The van der Waals surface area contributed by atoms with Gasteiger partial charge in [0.1, 0.15) is 0 Å². The lowest BCUT2D eigenvalue weighted by molar-refractivity contribution is -0.117. The van der Waals surface area contributed by atoms with Crippen molar-refractivity contribution in [2.75, 3.05) is 6.61 Å². The highest BCUT2D eigenvalue weighted by molar-refractivity contribution is 5.95. The lowest BCUT2D eigenvalue weighted by Crippen LogP contribution is -2.12. The number of carbonyl (C=O) groups is 2. The fraction of sp³-hybridized carbons (Fsp3) is 0.143. The van der Waals surface area contributed by atoms with Crippen LogP contribution >= 0.6 is 0 Å². The van der Waals surface area contributed by atoms with Gasteiger partial charge in [0.25, 0.3) is 0 Å². The summed E-state index contributed by atoms with van der Waals surface area (Å²) in [6.07, 6.45) is 6.52. The lowest BCUT2D eigenvalue weighted by atomic mass is 10.2. The Labute approximate surface area is 100 Å². The van der Waals surface area contributed by atoms with Crippen LogP contribution in [0.3, 0.4) is 0 Å². The average molecular weight is 230 g/mol. The molecular formula is C14H14O3. The summed E-state index contributed by atoms with van der Waals surface area (Å²) in [7, 11) is 0. The summed E-state index contributed by atoms with van der Waals surface area (Å²) < 4.78 is 4.86. The molecule has 0 saturated carbocycles. The molecule has 17 heavy (non-hydrogen) atoms. The summed E-state index contributed by atoms with van der Waals surface area (Å²) in [5.74, 6) is -0.731. The molecule has 0 radical (unpaired) electrons. The van der Waals surface area contributed by atoms with Crippen LogP contribution in [0.25, 0.3) is 0 Å². The van der Waals surface area contributed by atoms with E-state index >= 15 is 0 Å². The van der Waals surface area contributed by atoms with E-state index in [2.05, 4.69) is 0 Å². The van der Waals surface area contributed by atoms with Crippen molar-refractivity contribution in [1.82, 2.24) is 0 Å². The Morgan fingerprint density at radius 3 is 2.53 bits per heavy atom. The first kappa shape index (κ1) is 12.9. The molecule has 0 spiro atoms. The van der Waals surface area contributed by atoms with Crippen LogP contribution in [0.1, 0.15) is 17.3 Å². The largest absolute Gasteiger partial charge is 0.454 e. The van der Waals surface area contributed by atoms with E-state index in [4.69, 9.17) is 4.74 Å². The minimum absolute atomic E-state index is 0.234. The van der Waals surface area contributed by atoms with E-state index in [1.165, 1.54) is 6.08 Å². The quantitative estimate of drug-likeness (QED) is 0.443. The molecule has 1 rings (SSSR count). The smallest absolute Gasteiger partial charge is 0.338 e. The number of benzene rings is 1. The average Bonchev–Trinajstić information content (AvgIpc) is 2.37. The predicted molar refractivity (Wildman–Crippen MR) is 65.7 cm³/mol. The van der Waals surface area contributed by atoms with Crippen LogP contribution in [0, 0.1) is 0 Å². The van der Waals surface area contributed by atoms with E-state index in [1.807, 2.05) is 13.0 Å². The number of ether oxygens (including phenoxy) is 1. The van der Waals surface area contributed by atoms with E-state index in [0.29, 0.717) is 5.56 Å². The standard InChI is InChI=1S/C14H14O3/c1-2-3-5-10-13(15)11-17-14(16)12-8-6-4-7-9-12/h2-10H,11H2,1H3/b3-2+,10-5+. The molecule has 0 fully saturated rings. The highest BCUT2D eigenvalue weighted by atomic mass is 16.5. The fourth-order valence-corrected chi connectivity index (χ4v) is 1.12. The minimum Gasteiger partial charge on any atom is -0.454 e. The molecule has 0 heterocycles. The Balaban J connectivity index is 2.41. The van der Waals surface area contributed by atoms with Gasteiger partial charge in [-0.15, -0.1) is 0 Å². The second kappa shape index (κ2) is 7.17. The molecule has 1 aromatic rings. The third-order valence-corrected chi connectivity index (χ3v) is 1.94. The van der Waals surface area contributed by atoms with E-state index in [9.17, 15) is 9.59 Å². The third kappa shape index (κ3) is 4.93. The molecule has 0 bridgehead atoms. The molecule has 0 atom stereocenters. The predicted octanol–water partition coefficient (Wildman–Crippen LogP) is 2.54. The van der Waals surface area contributed by atoms with E-state index in [0.717, 1.165) is 0 Å². The molecular weight excluding hydrogens is 216 g/mol. The molecule has 0 amide bonds. The van der Waals surface area contributed by atoms with Gasteiger partial charge in [-0.25, -0.2) is 4.79 Å². The van der Waals surface area contributed by atoms with Crippen molar-refractivity contribution in [2.24, 2.45) is 0 Å². The summed E-state index contributed by atoms with van der Waals surface area (Å²) in [4.78, 5) is 22.7. The minimum atomic E-state index is -0.488. The van der Waals surface area contributed by atoms with E-state index in [1.54, 1.807) is 42.5 Å². The van der Waals surface area contributed by atoms with Crippen LogP contribution in [-0.2, 0) is 9.53 Å². The zero-order valence-corrected chi connectivity index (χ0v) is 9.63. The lowest BCUT2D eigenvalue weighted by Gasteiger charge is -2.01. The van der Waals surface area contributed by atoms with Crippen molar-refractivity contribution < 1.29 is 14.3 Å². The summed E-state index contributed by atoms with van der Waals surface area (Å²) in [5, 5.41) is 0. The van der Waals surface area contributed by atoms with Crippen LogP contribution in [0.15, 0.2) is 54.6 Å². The van der Waals surface area contributed by atoms with Gasteiger partial charge in [-0.1, -0.05) is 36.4 Å². The first-order valence-electron chi connectivity index (χ1n) is 5.28. The second-order valence-corrected chi connectivity index (χ2v) is 3.29. The van der Waals surface area contributed by atoms with Crippen LogP contribution in [0.4, 0.5) is 0 Å². The zero-order valence-electron chi connectivity index (χ0n) is 9.63. The maximum Gasteiger partial charge on any atom is 0.338 e. The molecule has 0 N–H and O–H groups in total. The number of allylic oxidation sites excluding steroid dienone is 3. The molecule has 0 saturated heterocycles. The van der Waals surface area contributed by atoms with Crippen molar-refractivity contribution in [3.05, 3.63) is 60.2 Å². The van der Waals surface area contributed by atoms with E-state index in [-0.39, 0.29) is 12.4 Å². The Morgan fingerprint density at radius 2 is 1.88 bits per heavy atom. The molecule has 0 aliphatic heterocycles. The van der Waals surface area contributed by atoms with Gasteiger partial charge in [0, 0.05) is 0 Å². The van der Waals surface area contributed by atoms with Gasteiger partial charge in [-0.2, -0.15) is 0 Å². The summed E-state index contributed by atoms with van der Waals surface area (Å²) in [6, 6.07) is 8.57. The molecule has 1 aromatic carbocycles. The Morgan fingerprint density at radius 1 is 1.18 bits per heavy atom. The fourth-order valence-electron chi connectivity index (χ4n) is 1.12. The molecule has 3 nitrogen and oxygen atoms in total. The van der Waals surface area contributed by atoms with Gasteiger partial charge in [-0.05, 0) is 25.1 Å². The number of hydrogen-bond donors (Lipinski definition) is 0. The Bertz CT molecular complexity index is 430. The third-order valence-electron chi connectivity index (χ3n) is 1.94. The van der Waals surface area contributed by atoms with Gasteiger partial charge in [0.05, 0.1) is 5.56 Å². The summed E-state index contributed by atoms with van der Waals surface area (Å²) in [6.45, 7) is 1.62. The molecule has 0 aliphatic carbocycles. The Kier molecular flexibility index (Phi) is 5.44. The van der Waals surface area contributed by atoms with Crippen molar-refractivity contribution in [1.29, 1.82) is 0 Å². The molecule has 3 heteroatoms. The molecule has 0 aliphatic rings. The van der Waals surface area contributed by atoms with Crippen LogP contribution < -0.4 is 0 Å². The molecule has 88 valence electrons. The van der Waals surface area contributed by atoms with Gasteiger partial charge in [0.2, 0.25) is 0 Å². The maximum absolute atomic E-state index is 11.5. The van der Waals surface area contributed by atoms with Crippen molar-refractivity contribution >= 4 is 11.8 Å². The first-order chi connectivity index (χ1) is 8.24. The number of rotatable bonds is 5. The van der Waals surface area contributed by atoms with Crippen LogP contribution in [0.5, 0.6) is 0 Å². The van der Waals surface area contributed by atoms with Gasteiger partial charge in [0.15, 0.2) is 12.4 Å². The van der Waals surface area contributed by atoms with Gasteiger partial charge < -0.3 is 4.74 Å². The van der Waals surface area contributed by atoms with E-state index < -0.39 is 5.97 Å². The topological polar surface area (TPSA) is 43.4 Å². The van der Waals surface area contributed by atoms with Crippen LogP contribution in [0.2, 0.25) is 0 Å². The summed E-state index contributed by atoms with van der Waals surface area (Å²) >= 11 is 0. The van der Waals surface area contributed by atoms with Crippen LogP contribution in [-0.4, -0.2) is 18.4 Å². The number of hydrogen-bond acceptors (Lipinski definition) is 3.